The summed E-state index contributed by atoms with van der Waals surface area (Å²) in [6.45, 7) is -0.127. The summed E-state index contributed by atoms with van der Waals surface area (Å²) in [5.41, 5.74) is 0. The number of amides is 1. The average molecular weight is 289 g/mol. The van der Waals surface area contributed by atoms with Crippen LogP contribution in [0, 0.1) is 11.3 Å². The Morgan fingerprint density at radius 1 is 1.38 bits per heavy atom. The molecule has 0 aliphatic carbocycles. The molecule has 0 saturated carbocycles. The van der Waals surface area contributed by atoms with Crippen LogP contribution in [-0.4, -0.2) is 44.9 Å². The van der Waals surface area contributed by atoms with Gasteiger partial charge in [-0.1, -0.05) is 0 Å². The van der Waals surface area contributed by atoms with E-state index in [-0.39, 0.29) is 30.1 Å². The molecule has 1 N–H and O–H groups in total. The summed E-state index contributed by atoms with van der Waals surface area (Å²) >= 11 is 0. The Hall–Kier alpha value is -3.22. The Labute approximate surface area is 119 Å². The second-order valence-corrected chi connectivity index (χ2v) is 3.70. The van der Waals surface area contributed by atoms with E-state index in [2.05, 4.69) is 25.4 Å². The molecule has 0 spiro atoms. The van der Waals surface area contributed by atoms with E-state index < -0.39 is 5.91 Å². The third-order valence-corrected chi connectivity index (χ3v) is 2.29. The van der Waals surface area contributed by atoms with E-state index >= 15 is 0 Å². The highest BCUT2D eigenvalue weighted by atomic mass is 16.5. The van der Waals surface area contributed by atoms with Crippen molar-refractivity contribution in [1.29, 1.82) is 5.26 Å². The van der Waals surface area contributed by atoms with Gasteiger partial charge in [0.25, 0.3) is 5.82 Å². The lowest BCUT2D eigenvalue weighted by Crippen LogP contribution is -2.20. The molecular weight excluding hydrogens is 278 g/mol. The van der Waals surface area contributed by atoms with Gasteiger partial charge in [-0.05, 0) is 0 Å². The molecule has 0 bridgehead atoms. The predicted octanol–water partition coefficient (Wildman–Crippen LogP) is -0.404. The maximum atomic E-state index is 11.8. The van der Waals surface area contributed by atoms with Crippen molar-refractivity contribution in [3.63, 3.8) is 0 Å². The van der Waals surface area contributed by atoms with E-state index in [1.165, 1.54) is 31.3 Å². The number of carbonyl (C=O) groups is 1. The SMILES string of the molecule is COc1cc(OC)nc(NC(=O)Cn2cnc(C#N)n2)n1. The lowest BCUT2D eigenvalue weighted by atomic mass is 10.5. The molecule has 2 rings (SSSR count). The van der Waals surface area contributed by atoms with E-state index in [1.54, 1.807) is 6.07 Å². The van der Waals surface area contributed by atoms with Gasteiger partial charge >= 0.3 is 0 Å². The molecule has 10 heteroatoms. The van der Waals surface area contributed by atoms with Crippen molar-refractivity contribution < 1.29 is 14.3 Å². The van der Waals surface area contributed by atoms with Gasteiger partial charge in [0, 0.05) is 0 Å². The second-order valence-electron chi connectivity index (χ2n) is 3.70. The number of nitrogens with zero attached hydrogens (tertiary/aromatic N) is 6. The van der Waals surface area contributed by atoms with E-state index in [1.807, 2.05) is 0 Å². The number of anilines is 1. The van der Waals surface area contributed by atoms with Crippen LogP contribution in [0.5, 0.6) is 11.8 Å². The van der Waals surface area contributed by atoms with Crippen molar-refractivity contribution >= 4 is 11.9 Å². The molecule has 0 radical (unpaired) electrons. The number of aromatic nitrogens is 5. The van der Waals surface area contributed by atoms with Gasteiger partial charge in [-0.25, -0.2) is 9.67 Å². The molecule has 2 aromatic rings. The zero-order valence-corrected chi connectivity index (χ0v) is 11.3. The lowest BCUT2D eigenvalue weighted by molar-refractivity contribution is -0.117. The zero-order chi connectivity index (χ0) is 15.2. The first-order valence-corrected chi connectivity index (χ1v) is 5.71. The molecule has 0 fully saturated rings. The van der Waals surface area contributed by atoms with Gasteiger partial charge in [0.15, 0.2) is 0 Å². The summed E-state index contributed by atoms with van der Waals surface area (Å²) in [5, 5.41) is 14.8. The summed E-state index contributed by atoms with van der Waals surface area (Å²) in [7, 11) is 2.87. The second kappa shape index (κ2) is 6.29. The molecule has 0 unspecified atom stereocenters. The molecular formula is C11H11N7O3. The molecule has 2 aromatic heterocycles. The number of rotatable bonds is 5. The number of methoxy groups -OCH3 is 2. The van der Waals surface area contributed by atoms with Crippen LogP contribution in [0.25, 0.3) is 0 Å². The number of nitrogens with one attached hydrogen (secondary N) is 1. The summed E-state index contributed by atoms with van der Waals surface area (Å²) in [6.07, 6.45) is 1.28. The van der Waals surface area contributed by atoms with Gasteiger partial charge in [-0.15, -0.1) is 5.10 Å². The Balaban J connectivity index is 2.07. The van der Waals surface area contributed by atoms with Gasteiger partial charge in [-0.3, -0.25) is 10.1 Å². The van der Waals surface area contributed by atoms with Crippen LogP contribution in [0.2, 0.25) is 0 Å². The fourth-order valence-corrected chi connectivity index (χ4v) is 1.40. The summed E-state index contributed by atoms with van der Waals surface area (Å²) < 4.78 is 11.2. The monoisotopic (exact) mass is 289 g/mol. The van der Waals surface area contributed by atoms with E-state index in [9.17, 15) is 4.79 Å². The molecule has 0 aromatic carbocycles. The third kappa shape index (κ3) is 3.63. The van der Waals surface area contributed by atoms with Crippen molar-refractivity contribution in [3.8, 4) is 17.8 Å². The topological polar surface area (TPSA) is 128 Å². The van der Waals surface area contributed by atoms with Crippen LogP contribution in [0.3, 0.4) is 0 Å². The summed E-state index contributed by atoms with van der Waals surface area (Å²) in [4.78, 5) is 23.4. The Morgan fingerprint density at radius 2 is 2.05 bits per heavy atom. The molecule has 2 heterocycles. The van der Waals surface area contributed by atoms with Crippen molar-refractivity contribution in [2.24, 2.45) is 0 Å². The maximum Gasteiger partial charge on any atom is 0.252 e. The van der Waals surface area contributed by atoms with Crippen LogP contribution < -0.4 is 14.8 Å². The molecule has 0 saturated heterocycles. The number of carbonyl (C=O) groups excluding carboxylic acids is 1. The molecule has 108 valence electrons. The predicted molar refractivity (Wildman–Crippen MR) is 68.5 cm³/mol. The minimum absolute atomic E-state index is 0.0119. The fourth-order valence-electron chi connectivity index (χ4n) is 1.40. The van der Waals surface area contributed by atoms with Crippen LogP contribution in [-0.2, 0) is 11.3 Å². The summed E-state index contributed by atoms with van der Waals surface area (Å²) in [5.74, 6) is 0.105. The van der Waals surface area contributed by atoms with Crippen LogP contribution >= 0.6 is 0 Å². The lowest BCUT2D eigenvalue weighted by Gasteiger charge is -2.07. The largest absolute Gasteiger partial charge is 0.481 e. The van der Waals surface area contributed by atoms with E-state index in [0.717, 1.165) is 0 Å². The molecule has 0 aliphatic rings. The van der Waals surface area contributed by atoms with E-state index in [4.69, 9.17) is 14.7 Å². The number of hydrogen-bond acceptors (Lipinski definition) is 8. The molecule has 0 aliphatic heterocycles. The van der Waals surface area contributed by atoms with Crippen LogP contribution in [0.4, 0.5) is 5.95 Å². The van der Waals surface area contributed by atoms with Gasteiger partial charge in [-0.2, -0.15) is 15.2 Å². The van der Waals surface area contributed by atoms with Crippen molar-refractivity contribution in [2.75, 3.05) is 19.5 Å². The van der Waals surface area contributed by atoms with Gasteiger partial charge < -0.3 is 9.47 Å². The first kappa shape index (κ1) is 14.2. The van der Waals surface area contributed by atoms with E-state index in [0.29, 0.717) is 0 Å². The Kier molecular flexibility index (Phi) is 4.25. The first-order chi connectivity index (χ1) is 10.1. The molecule has 0 atom stereocenters. The van der Waals surface area contributed by atoms with Gasteiger partial charge in [0.2, 0.25) is 23.6 Å². The quantitative estimate of drug-likeness (QED) is 0.787. The van der Waals surface area contributed by atoms with Gasteiger partial charge in [0.1, 0.15) is 18.9 Å². The van der Waals surface area contributed by atoms with Crippen LogP contribution in [0.1, 0.15) is 5.82 Å². The zero-order valence-electron chi connectivity index (χ0n) is 11.3. The number of ether oxygens (including phenoxy) is 2. The van der Waals surface area contributed by atoms with Crippen molar-refractivity contribution in [2.45, 2.75) is 6.54 Å². The third-order valence-electron chi connectivity index (χ3n) is 2.29. The number of nitriles is 1. The van der Waals surface area contributed by atoms with Gasteiger partial charge in [0.05, 0.1) is 20.3 Å². The maximum absolute atomic E-state index is 11.8. The fraction of sp³-hybridized carbons (Fsp3) is 0.273. The Morgan fingerprint density at radius 3 is 2.57 bits per heavy atom. The van der Waals surface area contributed by atoms with Crippen molar-refractivity contribution in [3.05, 3.63) is 18.2 Å². The minimum atomic E-state index is -0.431. The smallest absolute Gasteiger partial charge is 0.252 e. The molecule has 1 amide bonds. The highest BCUT2D eigenvalue weighted by molar-refractivity contribution is 5.88. The minimum Gasteiger partial charge on any atom is -0.481 e. The normalized spacial score (nSPS) is 9.76. The van der Waals surface area contributed by atoms with Crippen molar-refractivity contribution in [1.82, 2.24) is 24.7 Å². The highest BCUT2D eigenvalue weighted by Gasteiger charge is 2.10. The molecule has 10 nitrogen and oxygen atoms in total. The molecule has 21 heavy (non-hydrogen) atoms. The Bertz CT molecular complexity index is 669. The standard InChI is InChI=1S/C11H11N7O3/c1-20-9-3-10(21-2)16-11(15-9)14-8(19)5-18-6-13-7(4-12)17-18/h3,6H,5H2,1-2H3,(H,14,15,16,19). The van der Waals surface area contributed by atoms with Crippen LogP contribution in [0.15, 0.2) is 12.4 Å². The highest BCUT2D eigenvalue weighted by Crippen LogP contribution is 2.17. The number of hydrogen-bond donors (Lipinski definition) is 1. The average Bonchev–Trinajstić information content (AvgIpc) is 2.94. The summed E-state index contributed by atoms with van der Waals surface area (Å²) in [6, 6.07) is 3.25. The first-order valence-electron chi connectivity index (χ1n) is 5.71.